The molecule has 23 heavy (non-hydrogen) atoms. The number of aryl methyl sites for hydroxylation is 1. The molecule has 1 saturated heterocycles. The van der Waals surface area contributed by atoms with E-state index in [2.05, 4.69) is 53.3 Å². The maximum absolute atomic E-state index is 5.40. The SMILES string of the molecule is Cc1ccnc(C(C)NCc2cccc(N3CCOCC3)n2)c1. The van der Waals surface area contributed by atoms with E-state index in [0.29, 0.717) is 0 Å². The minimum atomic E-state index is 0.198. The Hall–Kier alpha value is -1.98. The van der Waals surface area contributed by atoms with Gasteiger partial charge in [0, 0.05) is 31.9 Å². The van der Waals surface area contributed by atoms with Gasteiger partial charge >= 0.3 is 0 Å². The van der Waals surface area contributed by atoms with Crippen molar-refractivity contribution < 1.29 is 4.74 Å². The van der Waals surface area contributed by atoms with Crippen molar-refractivity contribution in [2.75, 3.05) is 31.2 Å². The second kappa shape index (κ2) is 7.53. The highest BCUT2D eigenvalue weighted by atomic mass is 16.5. The van der Waals surface area contributed by atoms with Gasteiger partial charge in [-0.25, -0.2) is 4.98 Å². The molecule has 3 heterocycles. The van der Waals surface area contributed by atoms with E-state index >= 15 is 0 Å². The fourth-order valence-corrected chi connectivity index (χ4v) is 2.69. The van der Waals surface area contributed by atoms with Gasteiger partial charge in [0.05, 0.1) is 24.6 Å². The van der Waals surface area contributed by atoms with Crippen molar-refractivity contribution in [2.24, 2.45) is 0 Å². The first-order chi connectivity index (χ1) is 11.2. The number of pyridine rings is 2. The van der Waals surface area contributed by atoms with E-state index in [1.807, 2.05) is 12.3 Å². The van der Waals surface area contributed by atoms with Crippen molar-refractivity contribution in [1.29, 1.82) is 0 Å². The average molecular weight is 312 g/mol. The molecule has 5 nitrogen and oxygen atoms in total. The van der Waals surface area contributed by atoms with Gasteiger partial charge in [-0.3, -0.25) is 4.98 Å². The number of ether oxygens (including phenoxy) is 1. The maximum Gasteiger partial charge on any atom is 0.129 e. The zero-order valence-electron chi connectivity index (χ0n) is 13.8. The Labute approximate surface area is 137 Å². The van der Waals surface area contributed by atoms with Crippen molar-refractivity contribution >= 4 is 5.82 Å². The van der Waals surface area contributed by atoms with Gasteiger partial charge < -0.3 is 15.0 Å². The van der Waals surface area contributed by atoms with Crippen molar-refractivity contribution in [3.8, 4) is 0 Å². The first kappa shape index (κ1) is 15.9. The Morgan fingerprint density at radius 1 is 1.26 bits per heavy atom. The van der Waals surface area contributed by atoms with Crippen LogP contribution in [-0.2, 0) is 11.3 Å². The lowest BCUT2D eigenvalue weighted by Crippen LogP contribution is -2.36. The van der Waals surface area contributed by atoms with Crippen LogP contribution in [0.3, 0.4) is 0 Å². The summed E-state index contributed by atoms with van der Waals surface area (Å²) in [5.74, 6) is 1.04. The molecule has 1 unspecified atom stereocenters. The van der Waals surface area contributed by atoms with Crippen LogP contribution in [-0.4, -0.2) is 36.3 Å². The van der Waals surface area contributed by atoms with Crippen LogP contribution in [0.15, 0.2) is 36.5 Å². The number of nitrogens with one attached hydrogen (secondary N) is 1. The van der Waals surface area contributed by atoms with E-state index in [0.717, 1.165) is 50.1 Å². The molecule has 0 bridgehead atoms. The van der Waals surface area contributed by atoms with Gasteiger partial charge in [-0.1, -0.05) is 6.07 Å². The van der Waals surface area contributed by atoms with Gasteiger partial charge in [-0.05, 0) is 43.7 Å². The Morgan fingerprint density at radius 2 is 2.09 bits per heavy atom. The number of anilines is 1. The minimum Gasteiger partial charge on any atom is -0.378 e. The van der Waals surface area contributed by atoms with Crippen molar-refractivity contribution in [3.05, 3.63) is 53.5 Å². The second-order valence-corrected chi connectivity index (χ2v) is 5.95. The molecular weight excluding hydrogens is 288 g/mol. The summed E-state index contributed by atoms with van der Waals surface area (Å²) < 4.78 is 5.40. The number of morpholine rings is 1. The molecular formula is C18H24N4O. The van der Waals surface area contributed by atoms with Gasteiger partial charge in [0.25, 0.3) is 0 Å². The number of rotatable bonds is 5. The van der Waals surface area contributed by atoms with E-state index in [1.54, 1.807) is 0 Å². The smallest absolute Gasteiger partial charge is 0.129 e. The van der Waals surface area contributed by atoms with Crippen molar-refractivity contribution in [1.82, 2.24) is 15.3 Å². The number of hydrogen-bond acceptors (Lipinski definition) is 5. The van der Waals surface area contributed by atoms with Crippen LogP contribution in [0.5, 0.6) is 0 Å². The summed E-state index contributed by atoms with van der Waals surface area (Å²) in [5.41, 5.74) is 3.35. The van der Waals surface area contributed by atoms with Gasteiger partial charge in [0.15, 0.2) is 0 Å². The summed E-state index contributed by atoms with van der Waals surface area (Å²) in [6, 6.07) is 10.5. The molecule has 0 aliphatic carbocycles. The molecule has 1 fully saturated rings. The summed E-state index contributed by atoms with van der Waals surface area (Å²) >= 11 is 0. The predicted molar refractivity (Wildman–Crippen MR) is 91.5 cm³/mol. The van der Waals surface area contributed by atoms with Crippen molar-refractivity contribution in [3.63, 3.8) is 0 Å². The molecule has 1 N–H and O–H groups in total. The second-order valence-electron chi connectivity index (χ2n) is 5.95. The third kappa shape index (κ3) is 4.27. The van der Waals surface area contributed by atoms with Gasteiger partial charge in [0.2, 0.25) is 0 Å². The van der Waals surface area contributed by atoms with Crippen LogP contribution in [0, 0.1) is 6.92 Å². The Kier molecular flexibility index (Phi) is 5.20. The zero-order valence-corrected chi connectivity index (χ0v) is 13.8. The molecule has 122 valence electrons. The molecule has 5 heteroatoms. The van der Waals surface area contributed by atoms with E-state index in [-0.39, 0.29) is 6.04 Å². The molecule has 0 saturated carbocycles. The normalized spacial score (nSPS) is 16.3. The lowest BCUT2D eigenvalue weighted by Gasteiger charge is -2.28. The lowest BCUT2D eigenvalue weighted by molar-refractivity contribution is 0.122. The van der Waals surface area contributed by atoms with Crippen LogP contribution in [0.25, 0.3) is 0 Å². The zero-order chi connectivity index (χ0) is 16.1. The predicted octanol–water partition coefficient (Wildman–Crippen LogP) is 2.47. The molecule has 0 radical (unpaired) electrons. The molecule has 2 aromatic heterocycles. The number of aromatic nitrogens is 2. The summed E-state index contributed by atoms with van der Waals surface area (Å²) in [5, 5.41) is 3.50. The van der Waals surface area contributed by atoms with Crippen LogP contribution >= 0.6 is 0 Å². The largest absolute Gasteiger partial charge is 0.378 e. The third-order valence-corrected chi connectivity index (χ3v) is 4.10. The monoisotopic (exact) mass is 312 g/mol. The van der Waals surface area contributed by atoms with E-state index in [9.17, 15) is 0 Å². The number of nitrogens with zero attached hydrogens (tertiary/aromatic N) is 3. The maximum atomic E-state index is 5.40. The molecule has 0 amide bonds. The topological polar surface area (TPSA) is 50.3 Å². The molecule has 0 spiro atoms. The summed E-state index contributed by atoms with van der Waals surface area (Å²) in [6.07, 6.45) is 1.86. The van der Waals surface area contributed by atoms with E-state index in [4.69, 9.17) is 9.72 Å². The average Bonchev–Trinajstić information content (AvgIpc) is 2.61. The van der Waals surface area contributed by atoms with Crippen molar-refractivity contribution in [2.45, 2.75) is 26.4 Å². The highest BCUT2D eigenvalue weighted by Crippen LogP contribution is 2.15. The highest BCUT2D eigenvalue weighted by molar-refractivity contribution is 5.39. The number of hydrogen-bond donors (Lipinski definition) is 1. The van der Waals surface area contributed by atoms with Gasteiger partial charge in [-0.15, -0.1) is 0 Å². The summed E-state index contributed by atoms with van der Waals surface area (Å²) in [7, 11) is 0. The first-order valence-corrected chi connectivity index (χ1v) is 8.17. The van der Waals surface area contributed by atoms with Crippen LogP contribution in [0.1, 0.15) is 29.9 Å². The quantitative estimate of drug-likeness (QED) is 0.919. The highest BCUT2D eigenvalue weighted by Gasteiger charge is 2.13. The molecule has 2 aromatic rings. The van der Waals surface area contributed by atoms with E-state index < -0.39 is 0 Å². The Bertz CT molecular complexity index is 640. The van der Waals surface area contributed by atoms with Crippen LogP contribution in [0.4, 0.5) is 5.82 Å². The lowest BCUT2D eigenvalue weighted by atomic mass is 10.1. The summed E-state index contributed by atoms with van der Waals surface area (Å²) in [4.78, 5) is 11.5. The van der Waals surface area contributed by atoms with E-state index in [1.165, 1.54) is 5.56 Å². The van der Waals surface area contributed by atoms with Gasteiger partial charge in [0.1, 0.15) is 5.82 Å². The first-order valence-electron chi connectivity index (χ1n) is 8.17. The standard InChI is InChI=1S/C18H24N4O/c1-14-6-7-19-17(12-14)15(2)20-13-16-4-3-5-18(21-16)22-8-10-23-11-9-22/h3-7,12,15,20H,8-11,13H2,1-2H3. The molecule has 0 aromatic carbocycles. The fraction of sp³-hybridized carbons (Fsp3) is 0.444. The molecule has 1 aliphatic rings. The minimum absolute atomic E-state index is 0.198. The Balaban J connectivity index is 1.61. The van der Waals surface area contributed by atoms with Crippen LogP contribution in [0.2, 0.25) is 0 Å². The molecule has 1 aliphatic heterocycles. The van der Waals surface area contributed by atoms with Gasteiger partial charge in [-0.2, -0.15) is 0 Å². The van der Waals surface area contributed by atoms with Crippen LogP contribution < -0.4 is 10.2 Å². The third-order valence-electron chi connectivity index (χ3n) is 4.10. The molecule has 1 atom stereocenters. The summed E-state index contributed by atoms with van der Waals surface area (Å²) in [6.45, 7) is 8.33. The molecule has 3 rings (SSSR count). The fourth-order valence-electron chi connectivity index (χ4n) is 2.69. The Morgan fingerprint density at radius 3 is 2.87 bits per heavy atom.